The molecule has 0 bridgehead atoms. The van der Waals surface area contributed by atoms with Crippen molar-refractivity contribution in [1.29, 1.82) is 0 Å². The molecular formula is C14H23ClN2O. The van der Waals surface area contributed by atoms with Crippen molar-refractivity contribution in [1.82, 2.24) is 9.78 Å². The minimum Gasteiger partial charge on any atom is -0.388 e. The summed E-state index contributed by atoms with van der Waals surface area (Å²) in [7, 11) is 1.82. The van der Waals surface area contributed by atoms with E-state index in [9.17, 15) is 5.11 Å². The summed E-state index contributed by atoms with van der Waals surface area (Å²) in [5, 5.41) is 15.6. The first-order chi connectivity index (χ1) is 8.56. The zero-order chi connectivity index (χ0) is 13.3. The quantitative estimate of drug-likeness (QED) is 0.911. The van der Waals surface area contributed by atoms with Gasteiger partial charge in [0.25, 0.3) is 0 Å². The van der Waals surface area contributed by atoms with Crippen molar-refractivity contribution < 1.29 is 5.11 Å². The predicted octanol–water partition coefficient (Wildman–Crippen LogP) is 3.63. The molecule has 3 nitrogen and oxygen atoms in total. The maximum Gasteiger partial charge on any atom is 0.132 e. The van der Waals surface area contributed by atoms with Crippen molar-refractivity contribution in [3.05, 3.63) is 16.4 Å². The van der Waals surface area contributed by atoms with Gasteiger partial charge in [-0.25, -0.2) is 0 Å². The van der Waals surface area contributed by atoms with Crippen molar-refractivity contribution in [2.24, 2.45) is 18.9 Å². The lowest BCUT2D eigenvalue weighted by atomic mass is 9.73. The lowest BCUT2D eigenvalue weighted by Gasteiger charge is -2.34. The first kappa shape index (κ1) is 13.9. The molecule has 0 saturated heterocycles. The van der Waals surface area contributed by atoms with E-state index in [1.165, 1.54) is 19.3 Å². The van der Waals surface area contributed by atoms with Gasteiger partial charge in [0, 0.05) is 12.6 Å². The normalized spacial score (nSPS) is 26.3. The van der Waals surface area contributed by atoms with E-state index in [-0.39, 0.29) is 0 Å². The predicted molar refractivity (Wildman–Crippen MR) is 73.7 cm³/mol. The van der Waals surface area contributed by atoms with Gasteiger partial charge in [0.1, 0.15) is 5.15 Å². The molecule has 3 atom stereocenters. The summed E-state index contributed by atoms with van der Waals surface area (Å²) in [6, 6.07) is 0. The Labute approximate surface area is 114 Å². The summed E-state index contributed by atoms with van der Waals surface area (Å²) >= 11 is 6.26. The fourth-order valence-corrected chi connectivity index (χ4v) is 3.64. The summed E-state index contributed by atoms with van der Waals surface area (Å²) in [6.45, 7) is 4.14. The number of hydrogen-bond acceptors (Lipinski definition) is 2. The van der Waals surface area contributed by atoms with Gasteiger partial charge in [0.2, 0.25) is 0 Å². The van der Waals surface area contributed by atoms with Crippen LogP contribution in [0.2, 0.25) is 5.15 Å². The van der Waals surface area contributed by atoms with Crippen molar-refractivity contribution in [3.63, 3.8) is 0 Å². The lowest BCUT2D eigenvalue weighted by Crippen LogP contribution is -2.25. The van der Waals surface area contributed by atoms with Crippen LogP contribution < -0.4 is 0 Å². The van der Waals surface area contributed by atoms with Crippen LogP contribution in [0.4, 0.5) is 0 Å². The van der Waals surface area contributed by atoms with Gasteiger partial charge in [-0.1, -0.05) is 44.2 Å². The molecule has 102 valence electrons. The minimum absolute atomic E-state index is 0.337. The molecule has 0 aliphatic heterocycles. The average Bonchev–Trinajstić information content (AvgIpc) is 2.62. The SMILES string of the molecule is CCC1CCCCC1C(O)c1c(C)nn(C)c1Cl. The largest absolute Gasteiger partial charge is 0.388 e. The third kappa shape index (κ3) is 2.43. The fraction of sp³-hybridized carbons (Fsp3) is 0.786. The van der Waals surface area contributed by atoms with Crippen LogP contribution >= 0.6 is 11.6 Å². The zero-order valence-electron chi connectivity index (χ0n) is 11.5. The minimum atomic E-state index is -0.462. The smallest absolute Gasteiger partial charge is 0.132 e. The number of nitrogens with zero attached hydrogens (tertiary/aromatic N) is 2. The van der Waals surface area contributed by atoms with Gasteiger partial charge in [-0.2, -0.15) is 5.10 Å². The molecule has 3 unspecified atom stereocenters. The van der Waals surface area contributed by atoms with E-state index < -0.39 is 6.10 Å². The van der Waals surface area contributed by atoms with E-state index in [4.69, 9.17) is 11.6 Å². The second-order valence-electron chi connectivity index (χ2n) is 5.47. The van der Waals surface area contributed by atoms with Crippen molar-refractivity contribution in [2.45, 2.75) is 52.1 Å². The summed E-state index contributed by atoms with van der Waals surface area (Å²) in [5.74, 6) is 0.952. The highest BCUT2D eigenvalue weighted by atomic mass is 35.5. The molecule has 1 heterocycles. The molecular weight excluding hydrogens is 248 g/mol. The maximum atomic E-state index is 10.7. The van der Waals surface area contributed by atoms with Gasteiger partial charge in [0.05, 0.1) is 11.8 Å². The molecule has 18 heavy (non-hydrogen) atoms. The molecule has 1 aliphatic carbocycles. The topological polar surface area (TPSA) is 38.1 Å². The molecule has 1 N–H and O–H groups in total. The van der Waals surface area contributed by atoms with Gasteiger partial charge < -0.3 is 5.11 Å². The highest BCUT2D eigenvalue weighted by Crippen LogP contribution is 2.42. The molecule has 0 aromatic carbocycles. The molecule has 0 radical (unpaired) electrons. The number of aromatic nitrogens is 2. The lowest BCUT2D eigenvalue weighted by molar-refractivity contribution is 0.0448. The molecule has 0 amide bonds. The van der Waals surface area contributed by atoms with Gasteiger partial charge in [0.15, 0.2) is 0 Å². The first-order valence-electron chi connectivity index (χ1n) is 6.93. The standard InChI is InChI=1S/C14H23ClN2O/c1-4-10-7-5-6-8-11(10)13(18)12-9(2)16-17(3)14(12)15/h10-11,13,18H,4-8H2,1-3H3. The van der Waals surface area contributed by atoms with E-state index in [0.717, 1.165) is 24.1 Å². The maximum absolute atomic E-state index is 10.7. The second kappa shape index (κ2) is 5.62. The van der Waals surface area contributed by atoms with Crippen LogP contribution in [-0.2, 0) is 7.05 Å². The molecule has 1 aromatic rings. The van der Waals surface area contributed by atoms with Crippen LogP contribution in [0.5, 0.6) is 0 Å². The van der Waals surface area contributed by atoms with E-state index in [0.29, 0.717) is 17.0 Å². The van der Waals surface area contributed by atoms with E-state index in [1.54, 1.807) is 4.68 Å². The highest BCUT2D eigenvalue weighted by molar-refractivity contribution is 6.30. The Kier molecular flexibility index (Phi) is 4.33. The second-order valence-corrected chi connectivity index (χ2v) is 5.83. The molecule has 2 rings (SSSR count). The Balaban J connectivity index is 2.26. The van der Waals surface area contributed by atoms with Crippen LogP contribution in [-0.4, -0.2) is 14.9 Å². The molecule has 4 heteroatoms. The molecule has 1 aromatic heterocycles. The summed E-state index contributed by atoms with van der Waals surface area (Å²) < 4.78 is 1.65. The van der Waals surface area contributed by atoms with Crippen LogP contribution in [0, 0.1) is 18.8 Å². The summed E-state index contributed by atoms with van der Waals surface area (Å²) in [4.78, 5) is 0. The molecule has 0 spiro atoms. The number of aryl methyl sites for hydroxylation is 2. The third-order valence-electron chi connectivity index (χ3n) is 4.39. The average molecular weight is 271 g/mol. The van der Waals surface area contributed by atoms with Gasteiger partial charge >= 0.3 is 0 Å². The van der Waals surface area contributed by atoms with Gasteiger partial charge in [-0.3, -0.25) is 4.68 Å². The van der Waals surface area contributed by atoms with E-state index >= 15 is 0 Å². The van der Waals surface area contributed by atoms with Gasteiger partial charge in [-0.15, -0.1) is 0 Å². The Bertz CT molecular complexity index is 416. The first-order valence-corrected chi connectivity index (χ1v) is 7.31. The Morgan fingerprint density at radius 2 is 2.11 bits per heavy atom. The number of aliphatic hydroxyl groups excluding tert-OH is 1. The summed E-state index contributed by atoms with van der Waals surface area (Å²) in [5.41, 5.74) is 1.69. The number of aliphatic hydroxyl groups is 1. The van der Waals surface area contributed by atoms with Crippen LogP contribution in [0.25, 0.3) is 0 Å². The van der Waals surface area contributed by atoms with Crippen LogP contribution in [0.15, 0.2) is 0 Å². The van der Waals surface area contributed by atoms with Crippen LogP contribution in [0.3, 0.4) is 0 Å². The molecule has 1 fully saturated rings. The van der Waals surface area contributed by atoms with Crippen molar-refractivity contribution >= 4 is 11.6 Å². The van der Waals surface area contributed by atoms with E-state index in [1.807, 2.05) is 14.0 Å². The number of rotatable bonds is 3. The third-order valence-corrected chi connectivity index (χ3v) is 4.84. The monoisotopic (exact) mass is 270 g/mol. The Morgan fingerprint density at radius 3 is 2.67 bits per heavy atom. The Hall–Kier alpha value is -0.540. The van der Waals surface area contributed by atoms with E-state index in [2.05, 4.69) is 12.0 Å². The Morgan fingerprint density at radius 1 is 1.44 bits per heavy atom. The van der Waals surface area contributed by atoms with Crippen LogP contribution in [0.1, 0.15) is 56.4 Å². The molecule has 1 aliphatic rings. The molecule has 1 saturated carbocycles. The van der Waals surface area contributed by atoms with Gasteiger partial charge in [-0.05, 0) is 25.2 Å². The highest BCUT2D eigenvalue weighted by Gasteiger charge is 2.33. The zero-order valence-corrected chi connectivity index (χ0v) is 12.2. The fourth-order valence-electron chi connectivity index (χ4n) is 3.36. The number of halogens is 1. The van der Waals surface area contributed by atoms with Crippen molar-refractivity contribution in [3.8, 4) is 0 Å². The number of hydrogen-bond donors (Lipinski definition) is 1. The summed E-state index contributed by atoms with van der Waals surface area (Å²) in [6.07, 6.45) is 5.52. The van der Waals surface area contributed by atoms with Crippen molar-refractivity contribution in [2.75, 3.05) is 0 Å².